The van der Waals surface area contributed by atoms with Crippen LogP contribution in [0.1, 0.15) is 118 Å². The van der Waals surface area contributed by atoms with Crippen molar-refractivity contribution in [3.8, 4) is 11.4 Å². The summed E-state index contributed by atoms with van der Waals surface area (Å²) in [7, 11) is 0. The quantitative estimate of drug-likeness (QED) is 0.116. The Morgan fingerprint density at radius 1 is 0.917 bits per heavy atom. The summed E-state index contributed by atoms with van der Waals surface area (Å²) in [4.78, 5) is 0. The minimum absolute atomic E-state index is 0.0350. The van der Waals surface area contributed by atoms with Gasteiger partial charge in [0.15, 0.2) is 5.75 Å². The van der Waals surface area contributed by atoms with Gasteiger partial charge in [0, 0.05) is 23.6 Å². The zero-order valence-electron chi connectivity index (χ0n) is 36.6. The van der Waals surface area contributed by atoms with Gasteiger partial charge in [0.25, 0.3) is 5.69 Å². The second-order valence-electron chi connectivity index (χ2n) is 18.7. The largest absolute Gasteiger partial charge is 0.483 e. The first-order chi connectivity index (χ1) is 28.7. The van der Waals surface area contributed by atoms with E-state index in [2.05, 4.69) is 59.4 Å². The Morgan fingerprint density at radius 3 is 2.43 bits per heavy atom. The fourth-order valence-corrected chi connectivity index (χ4v) is 10.3. The maximum absolute atomic E-state index is 11.9. The van der Waals surface area contributed by atoms with Crippen LogP contribution in [0.5, 0.6) is 5.75 Å². The van der Waals surface area contributed by atoms with Crippen molar-refractivity contribution in [2.45, 2.75) is 190 Å². The van der Waals surface area contributed by atoms with Crippen LogP contribution < -0.4 is 9.48 Å². The number of allylic oxidation sites excluding steroid dienone is 6. The maximum Gasteiger partial charge on any atom is 0.299 e. The Kier molecular flexibility index (Phi) is 14.5. The molecule has 60 heavy (non-hydrogen) atoms. The standard InChI is InChI=1S/C49H69ClNO9/c1-8-9-10-11-19-43-47(5,53)24-20-40-41(55-43)21-25-48(6)45(56-40)29-42-46(59-48)37(52)30-49(7)44(57-42)28-34(4)38(58-49)18-14-15-32(2)33(3)23-27-54-39-17-13-12-16-36(39)51-26-22-35(31-50)60-51/h8-10,12-13,15-17,22-23,26,34,37-38,40-46,52-53H,1,11,14,18-21,24-25,27-31H2,2-7H3/q+1. The second kappa shape index (κ2) is 19.3. The lowest BCUT2D eigenvalue weighted by atomic mass is 9.79. The minimum Gasteiger partial charge on any atom is -0.483 e. The fourth-order valence-electron chi connectivity index (χ4n) is 10.1. The second-order valence-corrected chi connectivity index (χ2v) is 19.0. The Hall–Kier alpha value is -2.80. The number of benzene rings is 1. The number of aromatic nitrogens is 1. The minimum atomic E-state index is -0.935. The molecule has 7 rings (SSSR count). The lowest BCUT2D eigenvalue weighted by molar-refractivity contribution is -0.785. The third-order valence-electron chi connectivity index (χ3n) is 14.1. The van der Waals surface area contributed by atoms with Gasteiger partial charge in [-0.2, -0.15) is 0 Å². The van der Waals surface area contributed by atoms with Crippen LogP contribution in [0.2, 0.25) is 0 Å². The van der Waals surface area contributed by atoms with E-state index in [4.69, 9.17) is 44.5 Å². The number of halogens is 1. The molecule has 1 aromatic heterocycles. The highest BCUT2D eigenvalue weighted by molar-refractivity contribution is 6.16. The van der Waals surface area contributed by atoms with Crippen LogP contribution in [-0.2, 0) is 29.6 Å². The summed E-state index contributed by atoms with van der Waals surface area (Å²) in [5.41, 5.74) is 1.00. The molecule has 0 spiro atoms. The number of nitrogens with zero attached hydrogens (tertiary/aromatic N) is 1. The molecule has 0 radical (unpaired) electrons. The first kappa shape index (κ1) is 45.2. The summed E-state index contributed by atoms with van der Waals surface area (Å²) in [5.74, 6) is 2.01. The average Bonchev–Trinajstić information content (AvgIpc) is 3.57. The molecule has 0 saturated carbocycles. The summed E-state index contributed by atoms with van der Waals surface area (Å²) in [6, 6.07) is 9.65. The summed E-state index contributed by atoms with van der Waals surface area (Å²) in [6.45, 7) is 16.8. The van der Waals surface area contributed by atoms with E-state index in [0.717, 1.165) is 62.0 Å². The lowest BCUT2D eigenvalue weighted by Gasteiger charge is -2.49. The molecule has 5 fully saturated rings. The third kappa shape index (κ3) is 10.2. The number of aliphatic hydroxyl groups is 2. The third-order valence-corrected chi connectivity index (χ3v) is 14.3. The van der Waals surface area contributed by atoms with Crippen molar-refractivity contribution < 1.29 is 47.9 Å². The van der Waals surface area contributed by atoms with Gasteiger partial charge in [0.05, 0.1) is 77.6 Å². The highest BCUT2D eigenvalue weighted by atomic mass is 35.5. The highest BCUT2D eigenvalue weighted by Gasteiger charge is 2.58. The predicted octanol–water partition coefficient (Wildman–Crippen LogP) is 8.97. The van der Waals surface area contributed by atoms with Crippen LogP contribution >= 0.6 is 11.6 Å². The summed E-state index contributed by atoms with van der Waals surface area (Å²) < 4.78 is 48.2. The molecule has 10 nitrogen and oxygen atoms in total. The van der Waals surface area contributed by atoms with Crippen LogP contribution in [-0.4, -0.2) is 88.6 Å². The molecule has 11 heteroatoms. The summed E-state index contributed by atoms with van der Waals surface area (Å²) in [6.07, 6.45) is 17.6. The van der Waals surface area contributed by atoms with Crippen molar-refractivity contribution in [1.82, 2.24) is 0 Å². The van der Waals surface area contributed by atoms with E-state index >= 15 is 0 Å². The van der Waals surface area contributed by atoms with Crippen molar-refractivity contribution in [3.63, 3.8) is 0 Å². The molecule has 0 bridgehead atoms. The first-order valence-corrected chi connectivity index (χ1v) is 22.9. The van der Waals surface area contributed by atoms with Gasteiger partial charge in [0.1, 0.15) is 12.7 Å². The van der Waals surface area contributed by atoms with E-state index in [1.165, 1.54) is 5.57 Å². The number of alkyl halides is 1. The number of para-hydroxylation sites is 2. The Morgan fingerprint density at radius 2 is 1.65 bits per heavy atom. The van der Waals surface area contributed by atoms with E-state index < -0.39 is 29.0 Å². The zero-order valence-corrected chi connectivity index (χ0v) is 37.4. The molecule has 13 unspecified atom stereocenters. The van der Waals surface area contributed by atoms with Gasteiger partial charge < -0.3 is 38.6 Å². The molecular weight excluding hydrogens is 782 g/mol. The molecule has 2 N–H and O–H groups in total. The number of aliphatic hydroxyl groups excluding tert-OH is 1. The molecule has 0 amide bonds. The molecule has 13 atom stereocenters. The van der Waals surface area contributed by atoms with Crippen molar-refractivity contribution in [1.29, 1.82) is 0 Å². The Bertz CT molecular complexity index is 1860. The van der Waals surface area contributed by atoms with Crippen molar-refractivity contribution in [2.75, 3.05) is 6.61 Å². The van der Waals surface area contributed by atoms with E-state index in [9.17, 15) is 10.2 Å². The summed E-state index contributed by atoms with van der Waals surface area (Å²) >= 11 is 5.94. The van der Waals surface area contributed by atoms with E-state index in [1.807, 2.05) is 49.5 Å². The molecule has 6 heterocycles. The maximum atomic E-state index is 11.9. The molecule has 0 aliphatic carbocycles. The van der Waals surface area contributed by atoms with Crippen molar-refractivity contribution in [3.05, 3.63) is 90.4 Å². The van der Waals surface area contributed by atoms with Crippen molar-refractivity contribution in [2.24, 2.45) is 5.92 Å². The Labute approximate surface area is 362 Å². The summed E-state index contributed by atoms with van der Waals surface area (Å²) in [5, 5.41) is 23.3. The average molecular weight is 852 g/mol. The van der Waals surface area contributed by atoms with Crippen molar-refractivity contribution >= 4 is 11.6 Å². The lowest BCUT2D eigenvalue weighted by Crippen LogP contribution is -2.59. The fraction of sp³-hybridized carbons (Fsp3) is 0.653. The van der Waals surface area contributed by atoms with Gasteiger partial charge in [-0.15, -0.1) is 11.6 Å². The van der Waals surface area contributed by atoms with Crippen LogP contribution in [0.4, 0.5) is 0 Å². The monoisotopic (exact) mass is 850 g/mol. The van der Waals surface area contributed by atoms with E-state index in [-0.39, 0.29) is 48.6 Å². The highest BCUT2D eigenvalue weighted by Crippen LogP contribution is 2.49. The zero-order chi connectivity index (χ0) is 42.7. The van der Waals surface area contributed by atoms with Gasteiger partial charge in [-0.3, -0.25) is 0 Å². The molecule has 5 saturated heterocycles. The molecule has 5 aliphatic rings. The number of hydrogen-bond acceptors (Lipinski definition) is 9. The van der Waals surface area contributed by atoms with Crippen LogP contribution in [0.3, 0.4) is 0 Å². The molecule has 2 aromatic rings. The van der Waals surface area contributed by atoms with Crippen LogP contribution in [0.25, 0.3) is 5.69 Å². The molecule has 5 aliphatic heterocycles. The number of rotatable bonds is 13. The topological polar surface area (TPSA) is 113 Å². The smallest absolute Gasteiger partial charge is 0.299 e. The molecule has 1 aromatic carbocycles. The number of hydrogen-bond donors (Lipinski definition) is 2. The molecule has 330 valence electrons. The predicted molar refractivity (Wildman–Crippen MR) is 231 cm³/mol. The number of fused-ring (bicyclic) bond motifs is 4. The van der Waals surface area contributed by atoms with Gasteiger partial charge in [-0.05, 0) is 116 Å². The van der Waals surface area contributed by atoms with E-state index in [1.54, 1.807) is 10.8 Å². The van der Waals surface area contributed by atoms with Gasteiger partial charge in [-0.25, -0.2) is 4.52 Å². The number of ether oxygens (including phenoxy) is 6. The van der Waals surface area contributed by atoms with Gasteiger partial charge >= 0.3 is 0 Å². The Balaban J connectivity index is 0.942. The first-order valence-electron chi connectivity index (χ1n) is 22.3. The van der Waals surface area contributed by atoms with Crippen LogP contribution in [0.15, 0.2) is 89.2 Å². The van der Waals surface area contributed by atoms with Gasteiger partial charge in [0.2, 0.25) is 12.0 Å². The SMILES string of the molecule is C=CC=CCCC1OC2CCC3(C)OC4C(O)CC5(C)OC(CCC=C(C)C(C)=CCOc6ccccc6-[n+]6ccc(CCl)o6)C(C)CC5OC4CC3OC2CCC1(C)O. The normalized spacial score (nSPS) is 38.8. The molecular formula is C49H69ClNO9+. The van der Waals surface area contributed by atoms with Gasteiger partial charge in [-0.1, -0.05) is 55.5 Å². The van der Waals surface area contributed by atoms with Crippen LogP contribution in [0, 0.1) is 5.92 Å². The van der Waals surface area contributed by atoms with E-state index in [0.29, 0.717) is 43.9 Å².